The molecule has 4 rings (SSSR count). The summed E-state index contributed by atoms with van der Waals surface area (Å²) in [5, 5.41) is 12.2. The standard InChI is InChI=1S/C19H24ClFN2O.C17H21ClFN3O2/c1-3-16-18(20)19(23(2)22-16)17(24)12-11-15-9-7-14(8-10-15)6-4-5-13-21;1-3-14-15(18)16(22(2)21-14)17(23)20-10-12-4-6-13(7-5-12)11-24-9-8-19/h7-10H,3-6,11-13H2,1-2H3;4-7H,3,8-11H2,1-2H3,(H,20,23)/i21-1;19-1. The van der Waals surface area contributed by atoms with Gasteiger partial charge in [-0.1, -0.05) is 85.6 Å². The smallest absolute Gasteiger partial charge is 0.271 e. The Morgan fingerprint density at radius 3 is 1.81 bits per heavy atom. The largest absolute Gasteiger partial charge is 0.374 e. The number of nitrogens with zero attached hydrogens (tertiary/aromatic N) is 4. The van der Waals surface area contributed by atoms with Crippen LogP contribution in [0, 0.1) is 0 Å². The first-order valence-electron chi connectivity index (χ1n) is 16.2. The van der Waals surface area contributed by atoms with Crippen molar-refractivity contribution in [3.63, 3.8) is 0 Å². The Bertz CT molecular complexity index is 1490. The van der Waals surface area contributed by atoms with E-state index in [1.165, 1.54) is 10.2 Å². The maximum atomic E-state index is 12.4. The Labute approximate surface area is 291 Å². The number of ether oxygens (including phenoxy) is 1. The van der Waals surface area contributed by atoms with E-state index >= 15 is 0 Å². The molecule has 12 heteroatoms. The molecule has 0 aliphatic rings. The summed E-state index contributed by atoms with van der Waals surface area (Å²) < 4.78 is 32.3. The number of halogens is 4. The second-order valence-electron chi connectivity index (χ2n) is 11.3. The van der Waals surface area contributed by atoms with Gasteiger partial charge in [0.05, 0.1) is 41.3 Å². The Balaban J connectivity index is 0.000000260. The van der Waals surface area contributed by atoms with E-state index in [0.717, 1.165) is 35.2 Å². The highest BCUT2D eigenvalue weighted by Gasteiger charge is 2.20. The number of alkyl halides is 2. The number of benzene rings is 2. The van der Waals surface area contributed by atoms with Crippen LogP contribution in [0.5, 0.6) is 0 Å². The van der Waals surface area contributed by atoms with Gasteiger partial charge in [-0.15, -0.1) is 0 Å². The zero-order valence-electron chi connectivity index (χ0n) is 28.1. The molecule has 2 heterocycles. The summed E-state index contributed by atoms with van der Waals surface area (Å²) in [7, 11) is 3.46. The van der Waals surface area contributed by atoms with Crippen LogP contribution >= 0.6 is 23.2 Å². The predicted octanol–water partition coefficient (Wildman–Crippen LogP) is 7.80. The van der Waals surface area contributed by atoms with Crippen LogP contribution in [0.2, 0.25) is 10.0 Å². The van der Waals surface area contributed by atoms with Crippen molar-refractivity contribution in [3.8, 4) is 0 Å². The number of unbranched alkanes of at least 4 members (excludes halogenated alkanes) is 1. The molecule has 0 fully saturated rings. The van der Waals surface area contributed by atoms with Crippen molar-refractivity contribution < 1.29 is 23.1 Å². The average Bonchev–Trinajstić information content (AvgIpc) is 3.55. The van der Waals surface area contributed by atoms with Gasteiger partial charge in [0, 0.05) is 27.1 Å². The molecule has 8 nitrogen and oxygen atoms in total. The van der Waals surface area contributed by atoms with E-state index in [9.17, 15) is 18.4 Å². The second-order valence-corrected chi connectivity index (χ2v) is 12.1. The average molecular weight is 703 g/mol. The Morgan fingerprint density at radius 2 is 1.27 bits per heavy atom. The van der Waals surface area contributed by atoms with E-state index in [0.29, 0.717) is 72.4 Å². The van der Waals surface area contributed by atoms with Crippen molar-refractivity contribution in [2.75, 3.05) is 20.0 Å². The van der Waals surface area contributed by atoms with E-state index in [1.807, 2.05) is 50.2 Å². The lowest BCUT2D eigenvalue weighted by molar-refractivity contribution is 0.0939. The molecule has 260 valence electrons. The fourth-order valence-electron chi connectivity index (χ4n) is 5.05. The molecule has 48 heavy (non-hydrogen) atoms. The van der Waals surface area contributed by atoms with Gasteiger partial charge < -0.3 is 10.1 Å². The van der Waals surface area contributed by atoms with Crippen molar-refractivity contribution >= 4 is 34.9 Å². The molecule has 2 aromatic carbocycles. The molecule has 0 atom stereocenters. The third-order valence-electron chi connectivity index (χ3n) is 7.74. The summed E-state index contributed by atoms with van der Waals surface area (Å²) in [5.41, 5.74) is 6.57. The molecule has 1 amide bonds. The molecule has 2 aromatic heterocycles. The SMILES string of the molecule is CCc1nn(C)c(C(=O)CCc2ccc(CCCC[18F])cc2)c1Cl.CCc1nn(C)c(C(=O)NCc2ccc(COCC[18F])cc2)c1Cl. The Hall–Kier alpha value is -3.60. The molecular weight excluding hydrogens is 657 g/mol. The fraction of sp³-hybridized carbons (Fsp3) is 0.444. The first-order valence-corrected chi connectivity index (χ1v) is 17.0. The molecule has 0 bridgehead atoms. The number of aryl methyl sites for hydroxylation is 6. The van der Waals surface area contributed by atoms with Gasteiger partial charge in [-0.2, -0.15) is 10.2 Å². The van der Waals surface area contributed by atoms with Crippen molar-refractivity contribution in [2.45, 2.75) is 71.9 Å². The van der Waals surface area contributed by atoms with Gasteiger partial charge in [0.15, 0.2) is 5.78 Å². The highest BCUT2D eigenvalue weighted by atomic mass is 35.5. The summed E-state index contributed by atoms with van der Waals surface area (Å²) in [6.07, 6.45) is 4.84. The van der Waals surface area contributed by atoms with E-state index in [4.69, 9.17) is 27.9 Å². The quantitative estimate of drug-likeness (QED) is 0.0897. The Kier molecular flexibility index (Phi) is 16.2. The van der Waals surface area contributed by atoms with Crippen molar-refractivity contribution in [1.82, 2.24) is 24.9 Å². The van der Waals surface area contributed by atoms with Crippen LogP contribution in [0.25, 0.3) is 0 Å². The summed E-state index contributed by atoms with van der Waals surface area (Å²) in [4.78, 5) is 24.8. The summed E-state index contributed by atoms with van der Waals surface area (Å²) in [5.74, 6) is -0.244. The predicted molar refractivity (Wildman–Crippen MR) is 186 cm³/mol. The molecule has 0 aliphatic heterocycles. The maximum Gasteiger partial charge on any atom is 0.271 e. The summed E-state index contributed by atoms with van der Waals surface area (Å²) >= 11 is 12.5. The lowest BCUT2D eigenvalue weighted by Gasteiger charge is -2.07. The van der Waals surface area contributed by atoms with Gasteiger partial charge in [-0.25, -0.2) is 4.39 Å². The minimum Gasteiger partial charge on any atom is -0.374 e. The zero-order valence-corrected chi connectivity index (χ0v) is 29.6. The molecule has 0 radical (unpaired) electrons. The first kappa shape index (κ1) is 38.8. The molecule has 0 unspecified atom stereocenters. The van der Waals surface area contributed by atoms with E-state index in [-0.39, 0.29) is 25.0 Å². The highest BCUT2D eigenvalue weighted by molar-refractivity contribution is 6.34. The lowest BCUT2D eigenvalue weighted by atomic mass is 10.0. The molecule has 0 saturated heterocycles. The van der Waals surface area contributed by atoms with Crippen LogP contribution in [-0.2, 0) is 57.7 Å². The third-order valence-corrected chi connectivity index (χ3v) is 8.53. The van der Waals surface area contributed by atoms with Crippen LogP contribution < -0.4 is 5.32 Å². The molecule has 0 aliphatic carbocycles. The van der Waals surface area contributed by atoms with Gasteiger partial charge in [0.2, 0.25) is 0 Å². The molecule has 0 spiro atoms. The van der Waals surface area contributed by atoms with Crippen LogP contribution in [0.15, 0.2) is 48.5 Å². The zero-order chi connectivity index (χ0) is 35.1. The van der Waals surface area contributed by atoms with E-state index in [1.54, 1.807) is 18.8 Å². The minimum atomic E-state index is -0.486. The van der Waals surface area contributed by atoms with Crippen molar-refractivity contribution in [3.05, 3.63) is 104 Å². The monoisotopic (exact) mass is 701 g/mol. The fourth-order valence-corrected chi connectivity index (χ4v) is 5.82. The van der Waals surface area contributed by atoms with E-state index < -0.39 is 6.67 Å². The molecule has 0 saturated carbocycles. The number of carbonyl (C=O) groups excluding carboxylic acids is 2. The maximum absolute atomic E-state index is 12.4. The number of Topliss-reactive ketones (excluding diaryl/α,β-unsaturated/α-hetero) is 1. The van der Waals surface area contributed by atoms with Gasteiger partial charge in [0.25, 0.3) is 5.91 Å². The minimum absolute atomic E-state index is 0.0155. The van der Waals surface area contributed by atoms with Gasteiger partial charge in [-0.3, -0.25) is 23.3 Å². The van der Waals surface area contributed by atoms with Gasteiger partial charge in [-0.05, 0) is 60.8 Å². The number of hydrogen-bond acceptors (Lipinski definition) is 5. The number of ketones is 1. The van der Waals surface area contributed by atoms with Crippen LogP contribution in [0.1, 0.15) is 87.7 Å². The van der Waals surface area contributed by atoms with Crippen LogP contribution in [0.4, 0.5) is 8.78 Å². The van der Waals surface area contributed by atoms with E-state index in [2.05, 4.69) is 27.6 Å². The van der Waals surface area contributed by atoms with Crippen LogP contribution in [-0.4, -0.2) is 51.2 Å². The normalized spacial score (nSPS) is 10.9. The lowest BCUT2D eigenvalue weighted by Crippen LogP contribution is -2.25. The molecular formula is C36H45Cl2F2N5O3. The van der Waals surface area contributed by atoms with Crippen molar-refractivity contribution in [2.24, 2.45) is 14.1 Å². The van der Waals surface area contributed by atoms with Crippen molar-refractivity contribution in [1.29, 1.82) is 0 Å². The molecule has 4 aromatic rings. The summed E-state index contributed by atoms with van der Waals surface area (Å²) in [6, 6.07) is 15.8. The summed E-state index contributed by atoms with van der Waals surface area (Å²) in [6.45, 7) is 4.03. The number of hydrogen-bond donors (Lipinski definition) is 1. The Morgan fingerprint density at radius 1 is 0.750 bits per heavy atom. The molecule has 1 N–H and O–H groups in total. The number of amides is 1. The first-order chi connectivity index (χ1) is 23.1. The second kappa shape index (κ2) is 20.0. The number of rotatable bonds is 17. The highest BCUT2D eigenvalue weighted by Crippen LogP contribution is 2.23. The number of aromatic nitrogens is 4. The van der Waals surface area contributed by atoms with Gasteiger partial charge >= 0.3 is 0 Å². The topological polar surface area (TPSA) is 91.0 Å². The van der Waals surface area contributed by atoms with Gasteiger partial charge in [0.1, 0.15) is 18.1 Å². The third kappa shape index (κ3) is 11.2. The number of nitrogens with one attached hydrogen (secondary N) is 1. The van der Waals surface area contributed by atoms with Crippen LogP contribution in [0.3, 0.4) is 0 Å². The number of carbonyl (C=O) groups is 2.